The lowest BCUT2D eigenvalue weighted by molar-refractivity contribution is 0.343. The molecular formula is C15H25N5. The van der Waals surface area contributed by atoms with Crippen LogP contribution in [0.2, 0.25) is 0 Å². The van der Waals surface area contributed by atoms with Crippen LogP contribution in [0.4, 0.5) is 5.82 Å². The topological polar surface area (TPSA) is 44.3 Å². The van der Waals surface area contributed by atoms with Gasteiger partial charge in [0.2, 0.25) is 0 Å². The van der Waals surface area contributed by atoms with Crippen LogP contribution in [0.25, 0.3) is 0 Å². The molecule has 1 atom stereocenters. The Hall–Kier alpha value is -1.20. The molecule has 3 heterocycles. The molecule has 1 fully saturated rings. The van der Waals surface area contributed by atoms with E-state index in [1.165, 1.54) is 37.3 Å². The highest BCUT2D eigenvalue weighted by Crippen LogP contribution is 2.24. The fraction of sp³-hybridized carbons (Fsp3) is 0.733. The molecule has 1 saturated heterocycles. The van der Waals surface area contributed by atoms with Gasteiger partial charge in [-0.25, -0.2) is 9.97 Å². The molecule has 1 aromatic heterocycles. The summed E-state index contributed by atoms with van der Waals surface area (Å²) in [5.41, 5.74) is 2.52. The Morgan fingerprint density at radius 1 is 1.45 bits per heavy atom. The van der Waals surface area contributed by atoms with E-state index >= 15 is 0 Å². The number of likely N-dealkylation sites (tertiary alicyclic amines) is 1. The van der Waals surface area contributed by atoms with Crippen LogP contribution in [0.5, 0.6) is 0 Å². The summed E-state index contributed by atoms with van der Waals surface area (Å²) in [6.45, 7) is 8.93. The van der Waals surface area contributed by atoms with Crippen molar-refractivity contribution < 1.29 is 0 Å². The second-order valence-corrected chi connectivity index (χ2v) is 5.98. The number of nitrogens with zero attached hydrogens (tertiary/aromatic N) is 4. The summed E-state index contributed by atoms with van der Waals surface area (Å²) in [5, 5.41) is 3.38. The monoisotopic (exact) mass is 275 g/mol. The Morgan fingerprint density at radius 3 is 3.15 bits per heavy atom. The smallest absolute Gasteiger partial charge is 0.135 e. The first-order valence-electron chi connectivity index (χ1n) is 7.75. The summed E-state index contributed by atoms with van der Waals surface area (Å²) in [6.07, 6.45) is 4.07. The number of nitrogens with one attached hydrogen (secondary N) is 1. The zero-order valence-corrected chi connectivity index (χ0v) is 12.6. The van der Waals surface area contributed by atoms with Gasteiger partial charge in [0.1, 0.15) is 12.1 Å². The predicted molar refractivity (Wildman–Crippen MR) is 80.9 cm³/mol. The lowest BCUT2D eigenvalue weighted by Gasteiger charge is -2.27. The largest absolute Gasteiger partial charge is 0.359 e. The Morgan fingerprint density at radius 2 is 2.35 bits per heavy atom. The molecule has 0 spiro atoms. The van der Waals surface area contributed by atoms with Gasteiger partial charge in [-0.05, 0) is 38.4 Å². The average molecular weight is 275 g/mol. The van der Waals surface area contributed by atoms with Gasteiger partial charge in [-0.3, -0.25) is 0 Å². The van der Waals surface area contributed by atoms with E-state index in [2.05, 4.69) is 39.1 Å². The Kier molecular flexibility index (Phi) is 4.17. The van der Waals surface area contributed by atoms with E-state index in [1.54, 1.807) is 6.33 Å². The van der Waals surface area contributed by atoms with Crippen molar-refractivity contribution >= 4 is 5.82 Å². The molecule has 2 aliphatic rings. The van der Waals surface area contributed by atoms with Crippen molar-refractivity contribution in [1.29, 1.82) is 0 Å². The van der Waals surface area contributed by atoms with Crippen LogP contribution in [0.1, 0.15) is 24.6 Å². The highest BCUT2D eigenvalue weighted by Gasteiger charge is 2.24. The zero-order chi connectivity index (χ0) is 13.9. The van der Waals surface area contributed by atoms with Crippen molar-refractivity contribution in [2.24, 2.45) is 5.92 Å². The highest BCUT2D eigenvalue weighted by molar-refractivity contribution is 5.49. The van der Waals surface area contributed by atoms with E-state index in [1.807, 2.05) is 0 Å². The molecule has 1 aromatic rings. The fourth-order valence-electron chi connectivity index (χ4n) is 3.42. The van der Waals surface area contributed by atoms with Crippen molar-refractivity contribution in [3.8, 4) is 0 Å². The van der Waals surface area contributed by atoms with E-state index < -0.39 is 0 Å². The lowest BCUT2D eigenvalue weighted by atomic mass is 10.1. The van der Waals surface area contributed by atoms with Crippen LogP contribution < -0.4 is 10.2 Å². The maximum Gasteiger partial charge on any atom is 0.135 e. The third-order valence-corrected chi connectivity index (χ3v) is 4.57. The molecule has 0 aliphatic carbocycles. The quantitative estimate of drug-likeness (QED) is 0.884. The Balaban J connectivity index is 1.70. The highest BCUT2D eigenvalue weighted by atomic mass is 15.2. The second kappa shape index (κ2) is 6.06. The normalized spacial score (nSPS) is 22.8. The molecule has 0 aromatic carbocycles. The van der Waals surface area contributed by atoms with Crippen molar-refractivity contribution in [3.63, 3.8) is 0 Å². The molecule has 5 heteroatoms. The number of rotatable bonds is 4. The zero-order valence-electron chi connectivity index (χ0n) is 12.6. The molecule has 0 saturated carbocycles. The van der Waals surface area contributed by atoms with E-state index in [4.69, 9.17) is 0 Å². The van der Waals surface area contributed by atoms with Crippen LogP contribution in [0, 0.1) is 5.92 Å². The summed E-state index contributed by atoms with van der Waals surface area (Å²) >= 11 is 0. The molecule has 0 bridgehead atoms. The lowest BCUT2D eigenvalue weighted by Crippen LogP contribution is -2.32. The minimum Gasteiger partial charge on any atom is -0.359 e. The first-order chi connectivity index (χ1) is 9.78. The number of aromatic nitrogens is 2. The average Bonchev–Trinajstić information content (AvgIpc) is 2.94. The van der Waals surface area contributed by atoms with Gasteiger partial charge in [0, 0.05) is 32.2 Å². The first kappa shape index (κ1) is 13.8. The van der Waals surface area contributed by atoms with Gasteiger partial charge in [0.05, 0.1) is 5.69 Å². The third-order valence-electron chi connectivity index (χ3n) is 4.57. The third kappa shape index (κ3) is 2.79. The predicted octanol–water partition coefficient (Wildman–Crippen LogP) is 0.900. The summed E-state index contributed by atoms with van der Waals surface area (Å²) in [7, 11) is 2.18. The van der Waals surface area contributed by atoms with Crippen LogP contribution in [0.3, 0.4) is 0 Å². The van der Waals surface area contributed by atoms with E-state index in [-0.39, 0.29) is 0 Å². The molecule has 20 heavy (non-hydrogen) atoms. The first-order valence-corrected chi connectivity index (χ1v) is 7.75. The van der Waals surface area contributed by atoms with Gasteiger partial charge in [0.15, 0.2) is 0 Å². The fourth-order valence-corrected chi connectivity index (χ4v) is 3.42. The molecule has 5 nitrogen and oxygen atoms in total. The van der Waals surface area contributed by atoms with Gasteiger partial charge in [0.25, 0.3) is 0 Å². The van der Waals surface area contributed by atoms with Gasteiger partial charge in [-0.2, -0.15) is 0 Å². The molecule has 1 N–H and O–H groups in total. The van der Waals surface area contributed by atoms with Crippen molar-refractivity contribution in [2.75, 3.05) is 44.7 Å². The molecule has 0 unspecified atom stereocenters. The van der Waals surface area contributed by atoms with Crippen LogP contribution in [-0.4, -0.2) is 54.6 Å². The van der Waals surface area contributed by atoms with Crippen molar-refractivity contribution in [2.45, 2.75) is 26.3 Å². The number of hydrogen-bond acceptors (Lipinski definition) is 5. The van der Waals surface area contributed by atoms with Crippen LogP contribution >= 0.6 is 0 Å². The number of anilines is 1. The molecule has 3 rings (SSSR count). The summed E-state index contributed by atoms with van der Waals surface area (Å²) in [5.74, 6) is 1.92. The second-order valence-electron chi connectivity index (χ2n) is 5.98. The Bertz CT molecular complexity index is 462. The van der Waals surface area contributed by atoms with Crippen molar-refractivity contribution in [1.82, 2.24) is 20.2 Å². The van der Waals surface area contributed by atoms with E-state index in [0.29, 0.717) is 0 Å². The van der Waals surface area contributed by atoms with E-state index in [0.717, 1.165) is 37.8 Å². The minimum atomic E-state index is 0.771. The Labute approximate surface area is 121 Å². The van der Waals surface area contributed by atoms with Crippen LogP contribution in [-0.2, 0) is 13.0 Å². The molecule has 0 amide bonds. The molecular weight excluding hydrogens is 250 g/mol. The standard InChI is InChI=1S/C15H25N5/c1-3-20-7-5-12(10-20)9-19(2)15-13-4-6-16-8-14(13)17-11-18-15/h11-12,16H,3-10H2,1-2H3/t12-/m0/s1. The van der Waals surface area contributed by atoms with Gasteiger partial charge >= 0.3 is 0 Å². The van der Waals surface area contributed by atoms with Gasteiger partial charge in [-0.15, -0.1) is 0 Å². The van der Waals surface area contributed by atoms with Crippen molar-refractivity contribution in [3.05, 3.63) is 17.6 Å². The maximum absolute atomic E-state index is 4.55. The number of fused-ring (bicyclic) bond motifs is 1. The minimum absolute atomic E-state index is 0.771. The maximum atomic E-state index is 4.55. The molecule has 0 radical (unpaired) electrons. The van der Waals surface area contributed by atoms with E-state index in [9.17, 15) is 0 Å². The van der Waals surface area contributed by atoms with Crippen LogP contribution in [0.15, 0.2) is 6.33 Å². The molecule has 110 valence electrons. The number of hydrogen-bond donors (Lipinski definition) is 1. The van der Waals surface area contributed by atoms with Gasteiger partial charge < -0.3 is 15.1 Å². The van der Waals surface area contributed by atoms with Gasteiger partial charge in [-0.1, -0.05) is 6.92 Å². The molecule has 2 aliphatic heterocycles. The SMILES string of the molecule is CCN1CC[C@@H](CN(C)c2ncnc3c2CCNC3)C1. The summed E-state index contributed by atoms with van der Waals surface area (Å²) in [4.78, 5) is 13.8. The summed E-state index contributed by atoms with van der Waals surface area (Å²) < 4.78 is 0. The summed E-state index contributed by atoms with van der Waals surface area (Å²) in [6, 6.07) is 0.